The fourth-order valence-corrected chi connectivity index (χ4v) is 2.74. The Hall–Kier alpha value is -1.81. The van der Waals surface area contributed by atoms with Crippen LogP contribution in [0.1, 0.15) is 41.6 Å². The summed E-state index contributed by atoms with van der Waals surface area (Å²) >= 11 is 3.45. The van der Waals surface area contributed by atoms with E-state index in [9.17, 15) is 4.79 Å². The van der Waals surface area contributed by atoms with Gasteiger partial charge in [0.1, 0.15) is 5.75 Å². The number of aryl methyl sites for hydroxylation is 3. The number of rotatable bonds is 6. The minimum absolute atomic E-state index is 0.00653. The average molecular weight is 390 g/mol. The number of carbonyl (C=O) groups excluding carboxylic acids is 1. The highest BCUT2D eigenvalue weighted by Crippen LogP contribution is 2.22. The van der Waals surface area contributed by atoms with Gasteiger partial charge in [0, 0.05) is 4.47 Å². The summed E-state index contributed by atoms with van der Waals surface area (Å²) in [4.78, 5) is 12.2. The third kappa shape index (κ3) is 4.84. The summed E-state index contributed by atoms with van der Waals surface area (Å²) in [5.74, 6) is 0.589. The van der Waals surface area contributed by atoms with Crippen molar-refractivity contribution in [3.05, 3.63) is 63.1 Å². The first-order valence-electron chi connectivity index (χ1n) is 8.16. The Labute approximate surface area is 152 Å². The zero-order valence-corrected chi connectivity index (χ0v) is 16.2. The molecule has 1 atom stereocenters. The molecule has 1 amide bonds. The summed E-state index contributed by atoms with van der Waals surface area (Å²) in [5, 5.41) is 3.05. The maximum atomic E-state index is 12.2. The lowest BCUT2D eigenvalue weighted by Crippen LogP contribution is -2.32. The third-order valence-electron chi connectivity index (χ3n) is 4.18. The van der Waals surface area contributed by atoms with E-state index in [-0.39, 0.29) is 18.6 Å². The molecule has 2 aromatic carbocycles. The lowest BCUT2D eigenvalue weighted by atomic mass is 9.99. The van der Waals surface area contributed by atoms with Crippen molar-refractivity contribution in [2.24, 2.45) is 0 Å². The average Bonchev–Trinajstić information content (AvgIpc) is 2.56. The fraction of sp³-hybridized carbons (Fsp3) is 0.350. The van der Waals surface area contributed by atoms with Crippen LogP contribution in [0.5, 0.6) is 5.75 Å². The predicted molar refractivity (Wildman–Crippen MR) is 101 cm³/mol. The smallest absolute Gasteiger partial charge is 0.258 e. The van der Waals surface area contributed by atoms with E-state index < -0.39 is 0 Å². The first-order valence-corrected chi connectivity index (χ1v) is 8.95. The van der Waals surface area contributed by atoms with E-state index in [2.05, 4.69) is 60.2 Å². The second-order valence-corrected chi connectivity index (χ2v) is 6.93. The van der Waals surface area contributed by atoms with Gasteiger partial charge in [-0.25, -0.2) is 0 Å². The van der Waals surface area contributed by atoms with Crippen LogP contribution in [-0.2, 0) is 4.79 Å². The minimum atomic E-state index is -0.111. The fourth-order valence-electron chi connectivity index (χ4n) is 2.49. The van der Waals surface area contributed by atoms with Crippen molar-refractivity contribution in [3.63, 3.8) is 0 Å². The Morgan fingerprint density at radius 2 is 1.83 bits per heavy atom. The quantitative estimate of drug-likeness (QED) is 0.752. The minimum Gasteiger partial charge on any atom is -0.484 e. The number of ether oxygens (including phenoxy) is 1. The summed E-state index contributed by atoms with van der Waals surface area (Å²) in [6.07, 6.45) is 0.839. The number of hydrogen-bond donors (Lipinski definition) is 1. The lowest BCUT2D eigenvalue weighted by Gasteiger charge is -2.19. The van der Waals surface area contributed by atoms with Crippen LogP contribution in [0.15, 0.2) is 40.9 Å². The van der Waals surface area contributed by atoms with Gasteiger partial charge in [0.25, 0.3) is 5.91 Å². The Morgan fingerprint density at radius 1 is 1.08 bits per heavy atom. The standard InChI is InChI=1S/C20H24BrNO2/c1-5-19(16-7-6-13(2)14(3)10-16)22-20(23)12-24-17-8-9-18(21)15(4)11-17/h6-11,19H,5,12H2,1-4H3,(H,22,23)/t19-/m1/s1. The van der Waals surface area contributed by atoms with E-state index in [1.807, 2.05) is 25.1 Å². The summed E-state index contributed by atoms with van der Waals surface area (Å²) in [7, 11) is 0. The van der Waals surface area contributed by atoms with E-state index in [1.165, 1.54) is 11.1 Å². The van der Waals surface area contributed by atoms with Crippen LogP contribution in [0.2, 0.25) is 0 Å². The van der Waals surface area contributed by atoms with E-state index >= 15 is 0 Å². The molecule has 0 aliphatic rings. The van der Waals surface area contributed by atoms with Gasteiger partial charge in [-0.1, -0.05) is 41.1 Å². The van der Waals surface area contributed by atoms with Gasteiger partial charge in [-0.2, -0.15) is 0 Å². The van der Waals surface area contributed by atoms with Gasteiger partial charge in [0.05, 0.1) is 6.04 Å². The topological polar surface area (TPSA) is 38.3 Å². The van der Waals surface area contributed by atoms with Crippen LogP contribution in [0, 0.1) is 20.8 Å². The Morgan fingerprint density at radius 3 is 2.46 bits per heavy atom. The molecule has 0 saturated carbocycles. The monoisotopic (exact) mass is 389 g/mol. The highest BCUT2D eigenvalue weighted by Gasteiger charge is 2.14. The summed E-state index contributed by atoms with van der Waals surface area (Å²) < 4.78 is 6.62. The molecular formula is C20H24BrNO2. The normalized spacial score (nSPS) is 11.9. The van der Waals surface area contributed by atoms with Crippen molar-refractivity contribution in [2.75, 3.05) is 6.61 Å². The molecule has 0 radical (unpaired) electrons. The second-order valence-electron chi connectivity index (χ2n) is 6.07. The van der Waals surface area contributed by atoms with Gasteiger partial charge in [-0.3, -0.25) is 4.79 Å². The van der Waals surface area contributed by atoms with Gasteiger partial charge in [0.2, 0.25) is 0 Å². The number of amides is 1. The summed E-state index contributed by atoms with van der Waals surface area (Å²) in [6.45, 7) is 8.25. The first kappa shape index (κ1) is 18.5. The zero-order valence-electron chi connectivity index (χ0n) is 14.7. The van der Waals surface area contributed by atoms with Crippen LogP contribution in [0.3, 0.4) is 0 Å². The van der Waals surface area contributed by atoms with E-state index in [0.29, 0.717) is 5.75 Å². The van der Waals surface area contributed by atoms with Crippen molar-refractivity contribution >= 4 is 21.8 Å². The number of hydrogen-bond acceptors (Lipinski definition) is 2. The van der Waals surface area contributed by atoms with E-state index in [4.69, 9.17) is 4.74 Å². The molecule has 3 nitrogen and oxygen atoms in total. The molecule has 0 spiro atoms. The van der Waals surface area contributed by atoms with Crippen molar-refractivity contribution in [2.45, 2.75) is 40.2 Å². The molecule has 0 heterocycles. The first-order chi connectivity index (χ1) is 11.4. The molecular weight excluding hydrogens is 366 g/mol. The molecule has 24 heavy (non-hydrogen) atoms. The molecule has 128 valence electrons. The van der Waals surface area contributed by atoms with Crippen LogP contribution in [0.25, 0.3) is 0 Å². The maximum absolute atomic E-state index is 12.2. The van der Waals surface area contributed by atoms with Crippen molar-refractivity contribution in [1.82, 2.24) is 5.32 Å². The Balaban J connectivity index is 1.96. The van der Waals surface area contributed by atoms with Gasteiger partial charge in [-0.15, -0.1) is 0 Å². The molecule has 4 heteroatoms. The Kier molecular flexibility index (Phi) is 6.44. The molecule has 0 saturated heterocycles. The molecule has 0 aliphatic carbocycles. The summed E-state index contributed by atoms with van der Waals surface area (Å²) in [6, 6.07) is 12.0. The van der Waals surface area contributed by atoms with Crippen LogP contribution in [-0.4, -0.2) is 12.5 Å². The molecule has 1 N–H and O–H groups in total. The van der Waals surface area contributed by atoms with Crippen LogP contribution in [0.4, 0.5) is 0 Å². The van der Waals surface area contributed by atoms with Crippen LogP contribution < -0.4 is 10.1 Å². The van der Waals surface area contributed by atoms with Crippen LogP contribution >= 0.6 is 15.9 Å². The highest BCUT2D eigenvalue weighted by atomic mass is 79.9. The van der Waals surface area contributed by atoms with Crippen molar-refractivity contribution in [3.8, 4) is 5.75 Å². The van der Waals surface area contributed by atoms with Gasteiger partial charge < -0.3 is 10.1 Å². The molecule has 2 aromatic rings. The maximum Gasteiger partial charge on any atom is 0.258 e. The van der Waals surface area contributed by atoms with E-state index in [1.54, 1.807) is 0 Å². The SMILES string of the molecule is CC[C@@H](NC(=O)COc1ccc(Br)c(C)c1)c1ccc(C)c(C)c1. The highest BCUT2D eigenvalue weighted by molar-refractivity contribution is 9.10. The van der Waals surface area contributed by atoms with Crippen molar-refractivity contribution < 1.29 is 9.53 Å². The molecule has 0 aromatic heterocycles. The lowest BCUT2D eigenvalue weighted by molar-refractivity contribution is -0.123. The predicted octanol–water partition coefficient (Wildman–Crippen LogP) is 5.02. The van der Waals surface area contributed by atoms with Crippen molar-refractivity contribution in [1.29, 1.82) is 0 Å². The molecule has 0 bridgehead atoms. The molecule has 2 rings (SSSR count). The largest absolute Gasteiger partial charge is 0.484 e. The number of benzene rings is 2. The van der Waals surface area contributed by atoms with E-state index in [0.717, 1.165) is 22.0 Å². The van der Waals surface area contributed by atoms with Gasteiger partial charge >= 0.3 is 0 Å². The number of halogens is 1. The van der Waals surface area contributed by atoms with Gasteiger partial charge in [-0.05, 0) is 67.6 Å². The molecule has 0 aliphatic heterocycles. The van der Waals surface area contributed by atoms with Gasteiger partial charge in [0.15, 0.2) is 6.61 Å². The number of carbonyl (C=O) groups is 1. The molecule has 0 fully saturated rings. The summed E-state index contributed by atoms with van der Waals surface area (Å²) in [5.41, 5.74) is 4.71. The molecule has 0 unspecified atom stereocenters. The Bertz CT molecular complexity index is 728. The number of nitrogens with one attached hydrogen (secondary N) is 1. The second kappa shape index (κ2) is 8.34. The third-order valence-corrected chi connectivity index (χ3v) is 5.07. The zero-order chi connectivity index (χ0) is 17.7.